The van der Waals surface area contributed by atoms with Gasteiger partial charge < -0.3 is 14.8 Å². The number of nitrogens with zero attached hydrogens (tertiary/aromatic N) is 1. The van der Waals surface area contributed by atoms with E-state index in [1.165, 1.54) is 0 Å². The van der Waals surface area contributed by atoms with Crippen LogP contribution >= 0.6 is 0 Å². The third-order valence-electron chi connectivity index (χ3n) is 2.88. The van der Waals surface area contributed by atoms with Gasteiger partial charge in [-0.1, -0.05) is 12.1 Å². The second kappa shape index (κ2) is 5.05. The molecule has 2 rings (SSSR count). The van der Waals surface area contributed by atoms with Crippen molar-refractivity contribution in [2.75, 3.05) is 6.61 Å². The van der Waals surface area contributed by atoms with Gasteiger partial charge in [0.2, 0.25) is 0 Å². The quantitative estimate of drug-likeness (QED) is 0.888. The summed E-state index contributed by atoms with van der Waals surface area (Å²) in [6.07, 6.45) is 0. The van der Waals surface area contributed by atoms with E-state index in [4.69, 9.17) is 4.74 Å². The molecule has 0 spiro atoms. The van der Waals surface area contributed by atoms with Gasteiger partial charge in [-0.25, -0.2) is 4.98 Å². The highest BCUT2D eigenvalue weighted by molar-refractivity contribution is 5.63. The second-order valence-corrected chi connectivity index (χ2v) is 5.08. The third kappa shape index (κ3) is 2.96. The summed E-state index contributed by atoms with van der Waals surface area (Å²) >= 11 is 0. The first kappa shape index (κ1) is 13.6. The lowest BCUT2D eigenvalue weighted by atomic mass is 10.1. The Kier molecular flexibility index (Phi) is 3.62. The van der Waals surface area contributed by atoms with E-state index in [9.17, 15) is 5.11 Å². The molecule has 0 unspecified atom stereocenters. The number of aromatic amines is 1. The molecule has 1 aromatic heterocycles. The van der Waals surface area contributed by atoms with Crippen molar-refractivity contribution in [3.63, 3.8) is 0 Å². The SMILES string of the molecule is CCOc1cccc(-c2nc(C(C)(C)O)[nH]c2C)c1. The highest BCUT2D eigenvalue weighted by Gasteiger charge is 2.22. The normalized spacial score (nSPS) is 11.6. The average molecular weight is 260 g/mol. The van der Waals surface area contributed by atoms with Crippen LogP contribution in [-0.4, -0.2) is 21.7 Å². The molecule has 0 amide bonds. The summed E-state index contributed by atoms with van der Waals surface area (Å²) in [5.41, 5.74) is 1.79. The predicted molar refractivity (Wildman–Crippen MR) is 75.2 cm³/mol. The molecule has 0 radical (unpaired) electrons. The van der Waals surface area contributed by atoms with Gasteiger partial charge in [0.15, 0.2) is 0 Å². The molecule has 0 fully saturated rings. The first-order chi connectivity index (χ1) is 8.91. The summed E-state index contributed by atoms with van der Waals surface area (Å²) in [5, 5.41) is 9.99. The number of rotatable bonds is 4. The summed E-state index contributed by atoms with van der Waals surface area (Å²) in [4.78, 5) is 7.62. The second-order valence-electron chi connectivity index (χ2n) is 5.08. The molecule has 0 aliphatic rings. The van der Waals surface area contributed by atoms with E-state index < -0.39 is 5.60 Å². The molecule has 102 valence electrons. The van der Waals surface area contributed by atoms with Crippen molar-refractivity contribution in [3.8, 4) is 17.0 Å². The maximum atomic E-state index is 9.99. The zero-order valence-corrected chi connectivity index (χ0v) is 11.8. The molecule has 1 heterocycles. The molecule has 4 nitrogen and oxygen atoms in total. The lowest BCUT2D eigenvalue weighted by Crippen LogP contribution is -2.17. The number of nitrogens with one attached hydrogen (secondary N) is 1. The van der Waals surface area contributed by atoms with E-state index in [1.807, 2.05) is 38.1 Å². The van der Waals surface area contributed by atoms with Gasteiger partial charge in [0.1, 0.15) is 17.2 Å². The largest absolute Gasteiger partial charge is 0.494 e. The summed E-state index contributed by atoms with van der Waals surface area (Å²) in [7, 11) is 0. The predicted octanol–water partition coefficient (Wildman–Crippen LogP) is 3.01. The van der Waals surface area contributed by atoms with Crippen LogP contribution in [0.3, 0.4) is 0 Å². The summed E-state index contributed by atoms with van der Waals surface area (Å²) in [6, 6.07) is 7.81. The highest BCUT2D eigenvalue weighted by atomic mass is 16.5. The van der Waals surface area contributed by atoms with Gasteiger partial charge in [-0.2, -0.15) is 0 Å². The summed E-state index contributed by atoms with van der Waals surface area (Å²) < 4.78 is 5.49. The molecule has 4 heteroatoms. The monoisotopic (exact) mass is 260 g/mol. The van der Waals surface area contributed by atoms with Crippen molar-refractivity contribution in [2.45, 2.75) is 33.3 Å². The number of aryl methyl sites for hydroxylation is 1. The molecular weight excluding hydrogens is 240 g/mol. The van der Waals surface area contributed by atoms with Crippen LogP contribution in [0.4, 0.5) is 0 Å². The number of hydrogen-bond acceptors (Lipinski definition) is 3. The molecule has 2 aromatic rings. The van der Waals surface area contributed by atoms with Crippen molar-refractivity contribution in [3.05, 3.63) is 35.8 Å². The van der Waals surface area contributed by atoms with Gasteiger partial charge in [0.05, 0.1) is 12.3 Å². The van der Waals surface area contributed by atoms with Crippen molar-refractivity contribution in [2.24, 2.45) is 0 Å². The highest BCUT2D eigenvalue weighted by Crippen LogP contribution is 2.27. The Labute approximate surface area is 113 Å². The fourth-order valence-corrected chi connectivity index (χ4v) is 1.93. The zero-order chi connectivity index (χ0) is 14.0. The first-order valence-corrected chi connectivity index (χ1v) is 6.44. The minimum absolute atomic E-state index is 0.571. The number of benzene rings is 1. The molecule has 0 aliphatic heterocycles. The standard InChI is InChI=1S/C15H20N2O2/c1-5-19-12-8-6-7-11(9-12)13-10(2)16-14(17-13)15(3,4)18/h6-9,18H,5H2,1-4H3,(H,16,17). The van der Waals surface area contributed by atoms with Crippen molar-refractivity contribution < 1.29 is 9.84 Å². The van der Waals surface area contributed by atoms with E-state index in [2.05, 4.69) is 9.97 Å². The molecule has 2 N–H and O–H groups in total. The van der Waals surface area contributed by atoms with Crippen LogP contribution in [0.2, 0.25) is 0 Å². The number of hydrogen-bond donors (Lipinski definition) is 2. The molecule has 0 saturated carbocycles. The number of ether oxygens (including phenoxy) is 1. The fourth-order valence-electron chi connectivity index (χ4n) is 1.93. The van der Waals surface area contributed by atoms with E-state index in [0.29, 0.717) is 12.4 Å². The Hall–Kier alpha value is -1.81. The summed E-state index contributed by atoms with van der Waals surface area (Å²) in [5.74, 6) is 1.40. The fraction of sp³-hybridized carbons (Fsp3) is 0.400. The lowest BCUT2D eigenvalue weighted by molar-refractivity contribution is 0.0696. The van der Waals surface area contributed by atoms with Crippen LogP contribution < -0.4 is 4.74 Å². The topological polar surface area (TPSA) is 58.1 Å². The minimum Gasteiger partial charge on any atom is -0.494 e. The third-order valence-corrected chi connectivity index (χ3v) is 2.88. The Morgan fingerprint density at radius 2 is 2.11 bits per heavy atom. The van der Waals surface area contributed by atoms with Crippen molar-refractivity contribution in [1.82, 2.24) is 9.97 Å². The van der Waals surface area contributed by atoms with Crippen molar-refractivity contribution in [1.29, 1.82) is 0 Å². The maximum Gasteiger partial charge on any atom is 0.138 e. The molecular formula is C15H20N2O2. The van der Waals surface area contributed by atoms with Gasteiger partial charge in [0, 0.05) is 11.3 Å². The summed E-state index contributed by atoms with van der Waals surface area (Å²) in [6.45, 7) is 7.97. The zero-order valence-electron chi connectivity index (χ0n) is 11.8. The number of aliphatic hydroxyl groups is 1. The lowest BCUT2D eigenvalue weighted by Gasteiger charge is -2.12. The average Bonchev–Trinajstić information content (AvgIpc) is 2.72. The number of H-pyrrole nitrogens is 1. The molecule has 0 bridgehead atoms. The van der Waals surface area contributed by atoms with Crippen LogP contribution in [-0.2, 0) is 5.60 Å². The van der Waals surface area contributed by atoms with Gasteiger partial charge in [-0.15, -0.1) is 0 Å². The van der Waals surface area contributed by atoms with Crippen LogP contribution in [0.25, 0.3) is 11.3 Å². The number of imidazole rings is 1. The van der Waals surface area contributed by atoms with E-state index in [-0.39, 0.29) is 0 Å². The van der Waals surface area contributed by atoms with Crippen LogP contribution in [0.5, 0.6) is 5.75 Å². The van der Waals surface area contributed by atoms with Gasteiger partial charge >= 0.3 is 0 Å². The first-order valence-electron chi connectivity index (χ1n) is 6.44. The van der Waals surface area contributed by atoms with Gasteiger partial charge in [-0.05, 0) is 39.8 Å². The van der Waals surface area contributed by atoms with Crippen LogP contribution in [0.1, 0.15) is 32.3 Å². The van der Waals surface area contributed by atoms with Crippen LogP contribution in [0, 0.1) is 6.92 Å². The van der Waals surface area contributed by atoms with E-state index in [0.717, 1.165) is 22.7 Å². The van der Waals surface area contributed by atoms with E-state index >= 15 is 0 Å². The van der Waals surface area contributed by atoms with Gasteiger partial charge in [0.25, 0.3) is 0 Å². The molecule has 0 aliphatic carbocycles. The molecule has 0 atom stereocenters. The Balaban J connectivity index is 2.41. The molecule has 19 heavy (non-hydrogen) atoms. The number of aromatic nitrogens is 2. The Bertz CT molecular complexity index is 568. The molecule has 0 saturated heterocycles. The Morgan fingerprint density at radius 1 is 1.37 bits per heavy atom. The van der Waals surface area contributed by atoms with Crippen LogP contribution in [0.15, 0.2) is 24.3 Å². The van der Waals surface area contributed by atoms with E-state index in [1.54, 1.807) is 13.8 Å². The smallest absolute Gasteiger partial charge is 0.138 e. The molecule has 1 aromatic carbocycles. The maximum absolute atomic E-state index is 9.99. The Morgan fingerprint density at radius 3 is 2.68 bits per heavy atom. The van der Waals surface area contributed by atoms with Gasteiger partial charge in [-0.3, -0.25) is 0 Å². The minimum atomic E-state index is -0.972. The van der Waals surface area contributed by atoms with Crippen molar-refractivity contribution >= 4 is 0 Å².